The maximum absolute atomic E-state index is 6.64. The van der Waals surface area contributed by atoms with Crippen molar-refractivity contribution < 1.29 is 0 Å². The average Bonchev–Trinajstić information content (AvgIpc) is 3.32. The standard InChI is InChI=1S/C45H90N4S2/c1-7-13-19-23-27-31-37-46(38-32-28-24-20-14-8-2)41-48-43(50)45(35-17-11-5,36-18-12-6)49(44(48)51)42-47(39-33-29-25-21-15-9-3)40-34-30-26-22-16-10-4/h7-42H2,1-6H3. The van der Waals surface area contributed by atoms with E-state index in [2.05, 4.69) is 61.1 Å². The van der Waals surface area contributed by atoms with Gasteiger partial charge in [0, 0.05) is 0 Å². The number of hydrogen-bond donors (Lipinski definition) is 0. The van der Waals surface area contributed by atoms with Crippen molar-refractivity contribution in [2.45, 2.75) is 240 Å². The summed E-state index contributed by atoms with van der Waals surface area (Å²) in [5.41, 5.74) is -0.120. The zero-order valence-corrected chi connectivity index (χ0v) is 37.2. The summed E-state index contributed by atoms with van der Waals surface area (Å²) >= 11 is 13.2. The van der Waals surface area contributed by atoms with E-state index in [9.17, 15) is 0 Å². The van der Waals surface area contributed by atoms with Gasteiger partial charge in [-0.1, -0.05) is 208 Å². The third kappa shape index (κ3) is 20.8. The zero-order chi connectivity index (χ0) is 37.4. The Hall–Kier alpha value is -0.300. The molecule has 0 aromatic carbocycles. The molecule has 1 aliphatic rings. The molecule has 1 aliphatic heterocycles. The van der Waals surface area contributed by atoms with Crippen molar-refractivity contribution in [3.05, 3.63) is 0 Å². The molecule has 0 amide bonds. The maximum Gasteiger partial charge on any atom is 0.179 e. The highest BCUT2D eigenvalue weighted by atomic mass is 32.1. The van der Waals surface area contributed by atoms with Crippen LogP contribution in [0.15, 0.2) is 0 Å². The van der Waals surface area contributed by atoms with E-state index in [0.717, 1.165) is 36.3 Å². The van der Waals surface area contributed by atoms with Crippen molar-refractivity contribution in [3.63, 3.8) is 0 Å². The van der Waals surface area contributed by atoms with Crippen LogP contribution in [-0.2, 0) is 0 Å². The second-order valence-corrected chi connectivity index (χ2v) is 17.0. The van der Waals surface area contributed by atoms with Crippen LogP contribution in [0.2, 0.25) is 0 Å². The smallest absolute Gasteiger partial charge is 0.179 e. The van der Waals surface area contributed by atoms with Gasteiger partial charge < -0.3 is 4.90 Å². The van der Waals surface area contributed by atoms with Crippen molar-refractivity contribution in [1.29, 1.82) is 0 Å². The number of nitrogens with zero attached hydrogens (tertiary/aromatic N) is 4. The monoisotopic (exact) mass is 751 g/mol. The van der Waals surface area contributed by atoms with Crippen molar-refractivity contribution in [2.24, 2.45) is 0 Å². The Morgan fingerprint density at radius 1 is 0.392 bits per heavy atom. The second kappa shape index (κ2) is 33.1. The summed E-state index contributed by atoms with van der Waals surface area (Å²) < 4.78 is 0. The van der Waals surface area contributed by atoms with Crippen LogP contribution in [0.1, 0.15) is 234 Å². The minimum absolute atomic E-state index is 0.120. The molecular weight excluding hydrogens is 661 g/mol. The lowest BCUT2D eigenvalue weighted by molar-refractivity contribution is 0.120. The van der Waals surface area contributed by atoms with Gasteiger partial charge in [0.05, 0.1) is 18.9 Å². The molecule has 1 saturated heterocycles. The van der Waals surface area contributed by atoms with E-state index in [-0.39, 0.29) is 5.54 Å². The van der Waals surface area contributed by atoms with E-state index in [4.69, 9.17) is 24.4 Å². The van der Waals surface area contributed by atoms with Crippen LogP contribution in [0.5, 0.6) is 0 Å². The molecule has 1 fully saturated rings. The summed E-state index contributed by atoms with van der Waals surface area (Å²) in [6.45, 7) is 20.5. The Balaban J connectivity index is 3.23. The summed E-state index contributed by atoms with van der Waals surface area (Å²) in [6.07, 6.45) is 39.5. The number of unbranched alkanes of at least 4 members (excludes halogenated alkanes) is 22. The molecule has 0 N–H and O–H groups in total. The number of hydrogen-bond acceptors (Lipinski definition) is 4. The molecule has 302 valence electrons. The minimum Gasteiger partial charge on any atom is -0.324 e. The summed E-state index contributed by atoms with van der Waals surface area (Å²) in [5, 5.41) is 1.03. The van der Waals surface area contributed by atoms with E-state index in [1.165, 1.54) is 206 Å². The highest BCUT2D eigenvalue weighted by Crippen LogP contribution is 2.39. The molecule has 1 heterocycles. The number of thiocarbonyl (C=S) groups is 2. The Morgan fingerprint density at radius 2 is 0.686 bits per heavy atom. The normalized spacial score (nSPS) is 14.7. The van der Waals surface area contributed by atoms with E-state index < -0.39 is 0 Å². The highest BCUT2D eigenvalue weighted by molar-refractivity contribution is 7.82. The van der Waals surface area contributed by atoms with Gasteiger partial charge in [0.25, 0.3) is 0 Å². The van der Waals surface area contributed by atoms with Gasteiger partial charge in [0.1, 0.15) is 4.99 Å². The van der Waals surface area contributed by atoms with Crippen LogP contribution in [-0.4, -0.2) is 74.8 Å². The van der Waals surface area contributed by atoms with Crippen LogP contribution >= 0.6 is 24.4 Å². The Kier molecular flexibility index (Phi) is 31.6. The topological polar surface area (TPSA) is 13.0 Å². The van der Waals surface area contributed by atoms with Gasteiger partial charge in [-0.2, -0.15) is 0 Å². The van der Waals surface area contributed by atoms with Crippen molar-refractivity contribution in [2.75, 3.05) is 39.5 Å². The first-order chi connectivity index (χ1) is 24.9. The SMILES string of the molecule is CCCCCCCCN(CCCCCCCC)CN1C(=S)N(CN(CCCCCCCC)CCCCCCCC)C(CCCC)(CCCC)C1=S. The third-order valence-corrected chi connectivity index (χ3v) is 12.5. The lowest BCUT2D eigenvalue weighted by atomic mass is 9.86. The van der Waals surface area contributed by atoms with Gasteiger partial charge in [-0.15, -0.1) is 0 Å². The van der Waals surface area contributed by atoms with Gasteiger partial charge in [-0.05, 0) is 76.9 Å². The molecule has 0 unspecified atom stereocenters. The maximum atomic E-state index is 6.64. The first-order valence-corrected chi connectivity index (χ1v) is 23.8. The van der Waals surface area contributed by atoms with Crippen LogP contribution in [0.4, 0.5) is 0 Å². The van der Waals surface area contributed by atoms with Crippen LogP contribution in [0.3, 0.4) is 0 Å². The highest BCUT2D eigenvalue weighted by Gasteiger charge is 2.51. The first kappa shape index (κ1) is 48.7. The molecule has 6 heteroatoms. The summed E-state index contributed by atoms with van der Waals surface area (Å²) in [5.74, 6) is 0. The Bertz CT molecular complexity index is 780. The fraction of sp³-hybridized carbons (Fsp3) is 0.956. The largest absolute Gasteiger partial charge is 0.324 e. The van der Waals surface area contributed by atoms with Gasteiger partial charge in [-0.3, -0.25) is 14.7 Å². The average molecular weight is 751 g/mol. The molecule has 1 rings (SSSR count). The van der Waals surface area contributed by atoms with Crippen LogP contribution in [0, 0.1) is 0 Å². The third-order valence-electron chi connectivity index (χ3n) is 11.5. The first-order valence-electron chi connectivity index (χ1n) is 23.0. The van der Waals surface area contributed by atoms with E-state index >= 15 is 0 Å². The zero-order valence-electron chi connectivity index (χ0n) is 35.6. The van der Waals surface area contributed by atoms with Gasteiger partial charge in [-0.25, -0.2) is 0 Å². The van der Waals surface area contributed by atoms with Crippen LogP contribution < -0.4 is 0 Å². The van der Waals surface area contributed by atoms with Gasteiger partial charge in [0.2, 0.25) is 0 Å². The fourth-order valence-electron chi connectivity index (χ4n) is 8.02. The molecule has 0 saturated carbocycles. The van der Waals surface area contributed by atoms with Gasteiger partial charge >= 0.3 is 0 Å². The second-order valence-electron chi connectivity index (χ2n) is 16.3. The summed E-state index contributed by atoms with van der Waals surface area (Å²) in [4.78, 5) is 11.8. The molecule has 0 atom stereocenters. The summed E-state index contributed by atoms with van der Waals surface area (Å²) in [6, 6.07) is 0. The molecule has 0 bridgehead atoms. The van der Waals surface area contributed by atoms with Gasteiger partial charge in [0.15, 0.2) is 5.11 Å². The lowest BCUT2D eigenvalue weighted by Crippen LogP contribution is -2.53. The number of rotatable bonds is 38. The molecule has 0 aromatic heterocycles. The molecule has 4 nitrogen and oxygen atoms in total. The molecular formula is C45H90N4S2. The van der Waals surface area contributed by atoms with Crippen molar-refractivity contribution >= 4 is 34.5 Å². The van der Waals surface area contributed by atoms with E-state index in [1.54, 1.807) is 0 Å². The predicted octanol–water partition coefficient (Wildman–Crippen LogP) is 14.3. The van der Waals surface area contributed by atoms with Crippen LogP contribution in [0.25, 0.3) is 0 Å². The Labute approximate surface area is 332 Å². The van der Waals surface area contributed by atoms with E-state index in [0.29, 0.717) is 0 Å². The lowest BCUT2D eigenvalue weighted by Gasteiger charge is -2.41. The van der Waals surface area contributed by atoms with Crippen molar-refractivity contribution in [1.82, 2.24) is 19.6 Å². The Morgan fingerprint density at radius 3 is 1.02 bits per heavy atom. The molecule has 51 heavy (non-hydrogen) atoms. The van der Waals surface area contributed by atoms with E-state index in [1.807, 2.05) is 0 Å². The molecule has 0 aromatic rings. The predicted molar refractivity (Wildman–Crippen MR) is 237 cm³/mol. The summed E-state index contributed by atoms with van der Waals surface area (Å²) in [7, 11) is 0. The fourth-order valence-corrected chi connectivity index (χ4v) is 8.92. The molecule has 0 aliphatic carbocycles. The minimum atomic E-state index is -0.120. The molecule has 0 radical (unpaired) electrons. The van der Waals surface area contributed by atoms with Crippen molar-refractivity contribution in [3.8, 4) is 0 Å². The molecule has 0 spiro atoms. The quantitative estimate of drug-likeness (QED) is 0.0457.